The van der Waals surface area contributed by atoms with E-state index < -0.39 is 0 Å². The molecule has 1 aromatic heterocycles. The van der Waals surface area contributed by atoms with Gasteiger partial charge in [-0.05, 0) is 56.2 Å². The molecule has 1 aliphatic carbocycles. The number of benzene rings is 2. The monoisotopic (exact) mass is 424 g/mol. The van der Waals surface area contributed by atoms with Crippen LogP contribution in [0.2, 0.25) is 0 Å². The van der Waals surface area contributed by atoms with Crippen LogP contribution in [0.5, 0.6) is 0 Å². The Morgan fingerprint density at radius 3 is 2.55 bits per heavy atom. The van der Waals surface area contributed by atoms with Crippen LogP contribution in [0.4, 0.5) is 5.69 Å². The summed E-state index contributed by atoms with van der Waals surface area (Å²) in [5.74, 6) is 0.528. The summed E-state index contributed by atoms with van der Waals surface area (Å²) in [7, 11) is 0. The van der Waals surface area contributed by atoms with Crippen LogP contribution in [0.1, 0.15) is 31.2 Å². The average molecular weight is 425 g/mol. The number of carbonyl (C=O) groups excluding carboxylic acids is 1. The third-order valence-electron chi connectivity index (χ3n) is 5.11. The van der Waals surface area contributed by atoms with Gasteiger partial charge in [0, 0.05) is 21.4 Å². The number of rotatable bonds is 6. The molecule has 1 amide bonds. The molecule has 7 heteroatoms. The second kappa shape index (κ2) is 8.97. The summed E-state index contributed by atoms with van der Waals surface area (Å²) in [6, 6.07) is 16.1. The number of carbonyl (C=O) groups is 1. The van der Waals surface area contributed by atoms with Crippen molar-refractivity contribution in [1.29, 1.82) is 0 Å². The van der Waals surface area contributed by atoms with Gasteiger partial charge in [0.2, 0.25) is 5.91 Å². The van der Waals surface area contributed by atoms with E-state index in [1.807, 2.05) is 55.1 Å². The van der Waals surface area contributed by atoms with Crippen LogP contribution in [-0.2, 0) is 11.3 Å². The number of thioether (sulfide) groups is 1. The minimum absolute atomic E-state index is 0.108. The topological polar surface area (TPSA) is 62.7 Å². The lowest BCUT2D eigenvalue weighted by molar-refractivity contribution is -0.116. The van der Waals surface area contributed by atoms with E-state index in [4.69, 9.17) is 12.2 Å². The maximum atomic E-state index is 12.6. The highest BCUT2D eigenvalue weighted by molar-refractivity contribution is 8.00. The van der Waals surface area contributed by atoms with Gasteiger partial charge in [-0.25, -0.2) is 0 Å². The van der Waals surface area contributed by atoms with Crippen molar-refractivity contribution in [2.24, 2.45) is 0 Å². The average Bonchev–Trinajstić information content (AvgIpc) is 3.35. The molecular formula is C22H24N4OS2. The Bertz CT molecular complexity index is 1030. The zero-order chi connectivity index (χ0) is 20.2. The van der Waals surface area contributed by atoms with E-state index in [0.29, 0.717) is 10.6 Å². The fraction of sp³-hybridized carbons (Fsp3) is 0.318. The largest absolute Gasteiger partial charge is 0.325 e. The van der Waals surface area contributed by atoms with Crippen molar-refractivity contribution < 1.29 is 4.79 Å². The highest BCUT2D eigenvalue weighted by Gasteiger charge is 2.16. The SMILES string of the molecule is Cc1ccc(-c2n[nH]c(=S)n2CC(=O)Nc2ccc(SC3CCCC3)cc2)cc1. The summed E-state index contributed by atoms with van der Waals surface area (Å²) >= 11 is 7.27. The number of amides is 1. The van der Waals surface area contributed by atoms with E-state index >= 15 is 0 Å². The van der Waals surface area contributed by atoms with Gasteiger partial charge in [0.25, 0.3) is 0 Å². The van der Waals surface area contributed by atoms with E-state index in [1.54, 1.807) is 4.57 Å². The van der Waals surface area contributed by atoms with Crippen molar-refractivity contribution in [3.63, 3.8) is 0 Å². The molecule has 1 aliphatic rings. The molecule has 0 atom stereocenters. The third-order valence-corrected chi connectivity index (χ3v) is 6.77. The van der Waals surface area contributed by atoms with Crippen LogP contribution >= 0.6 is 24.0 Å². The van der Waals surface area contributed by atoms with Gasteiger partial charge in [-0.2, -0.15) is 5.10 Å². The first-order valence-electron chi connectivity index (χ1n) is 9.87. The van der Waals surface area contributed by atoms with Crippen molar-refractivity contribution >= 4 is 35.6 Å². The highest BCUT2D eigenvalue weighted by atomic mass is 32.2. The Labute approximate surface area is 179 Å². The molecule has 1 saturated carbocycles. The molecule has 1 heterocycles. The van der Waals surface area contributed by atoms with Crippen LogP contribution in [0.3, 0.4) is 0 Å². The predicted octanol–water partition coefficient (Wildman–Crippen LogP) is 5.59. The standard InChI is InChI=1S/C22H24N4OS2/c1-15-6-8-16(9-7-15)21-24-25-22(28)26(21)14-20(27)23-17-10-12-19(13-11-17)29-18-4-2-3-5-18/h6-13,18H,2-5,14H2,1H3,(H,23,27)(H,25,28). The normalized spacial score (nSPS) is 14.2. The minimum Gasteiger partial charge on any atom is -0.325 e. The third kappa shape index (κ3) is 4.97. The predicted molar refractivity (Wildman–Crippen MR) is 121 cm³/mol. The van der Waals surface area contributed by atoms with Crippen LogP contribution in [0.15, 0.2) is 53.4 Å². The summed E-state index contributed by atoms with van der Waals surface area (Å²) in [4.78, 5) is 13.9. The quantitative estimate of drug-likeness (QED) is 0.506. The summed E-state index contributed by atoms with van der Waals surface area (Å²) in [5, 5.41) is 10.8. The van der Waals surface area contributed by atoms with Crippen LogP contribution < -0.4 is 5.32 Å². The second-order valence-electron chi connectivity index (χ2n) is 7.40. The molecule has 29 heavy (non-hydrogen) atoms. The molecule has 150 valence electrons. The van der Waals surface area contributed by atoms with E-state index in [0.717, 1.165) is 16.5 Å². The molecule has 2 aromatic carbocycles. The summed E-state index contributed by atoms with van der Waals surface area (Å²) in [6.45, 7) is 2.14. The Balaban J connectivity index is 1.41. The van der Waals surface area contributed by atoms with Crippen molar-refractivity contribution in [3.05, 3.63) is 58.9 Å². The summed E-state index contributed by atoms with van der Waals surface area (Å²) < 4.78 is 2.15. The zero-order valence-electron chi connectivity index (χ0n) is 16.4. The molecular weight excluding hydrogens is 400 g/mol. The Hall–Kier alpha value is -2.38. The number of hydrogen-bond acceptors (Lipinski definition) is 4. The lowest BCUT2D eigenvalue weighted by Crippen LogP contribution is -2.19. The molecule has 4 rings (SSSR count). The molecule has 0 unspecified atom stereocenters. The van der Waals surface area contributed by atoms with Gasteiger partial charge < -0.3 is 5.32 Å². The van der Waals surface area contributed by atoms with E-state index in [9.17, 15) is 4.79 Å². The molecule has 0 aliphatic heterocycles. The maximum absolute atomic E-state index is 12.6. The lowest BCUT2D eigenvalue weighted by Gasteiger charge is -2.11. The zero-order valence-corrected chi connectivity index (χ0v) is 18.0. The molecule has 0 bridgehead atoms. The maximum Gasteiger partial charge on any atom is 0.244 e. The van der Waals surface area contributed by atoms with Crippen LogP contribution in [0, 0.1) is 11.7 Å². The van der Waals surface area contributed by atoms with Gasteiger partial charge in [0.05, 0.1) is 0 Å². The van der Waals surface area contributed by atoms with Gasteiger partial charge in [-0.1, -0.05) is 42.7 Å². The van der Waals surface area contributed by atoms with Gasteiger partial charge in [0.1, 0.15) is 6.54 Å². The Kier molecular flexibility index (Phi) is 6.16. The fourth-order valence-corrected chi connectivity index (χ4v) is 4.99. The van der Waals surface area contributed by atoms with Crippen molar-refractivity contribution in [2.75, 3.05) is 5.32 Å². The Morgan fingerprint density at radius 2 is 1.86 bits per heavy atom. The van der Waals surface area contributed by atoms with E-state index in [-0.39, 0.29) is 12.5 Å². The van der Waals surface area contributed by atoms with E-state index in [2.05, 4.69) is 27.6 Å². The molecule has 2 N–H and O–H groups in total. The lowest BCUT2D eigenvalue weighted by atomic mass is 10.1. The van der Waals surface area contributed by atoms with Crippen LogP contribution in [-0.4, -0.2) is 25.9 Å². The minimum atomic E-state index is -0.132. The summed E-state index contributed by atoms with van der Waals surface area (Å²) in [5.41, 5.74) is 2.88. The molecule has 0 saturated heterocycles. The van der Waals surface area contributed by atoms with Gasteiger partial charge in [0.15, 0.2) is 10.6 Å². The molecule has 0 radical (unpaired) electrons. The second-order valence-corrected chi connectivity index (χ2v) is 9.16. The fourth-order valence-electron chi connectivity index (χ4n) is 3.55. The number of aromatic amines is 1. The number of nitrogens with one attached hydrogen (secondary N) is 2. The number of aromatic nitrogens is 3. The smallest absolute Gasteiger partial charge is 0.244 e. The molecule has 3 aromatic rings. The first-order chi connectivity index (χ1) is 14.1. The molecule has 5 nitrogen and oxygen atoms in total. The number of H-pyrrole nitrogens is 1. The van der Waals surface area contributed by atoms with Crippen molar-refractivity contribution in [2.45, 2.75) is 49.3 Å². The number of hydrogen-bond donors (Lipinski definition) is 2. The number of aryl methyl sites for hydroxylation is 1. The van der Waals surface area contributed by atoms with E-state index in [1.165, 1.54) is 36.1 Å². The van der Waals surface area contributed by atoms with Crippen molar-refractivity contribution in [3.8, 4) is 11.4 Å². The van der Waals surface area contributed by atoms with Crippen LogP contribution in [0.25, 0.3) is 11.4 Å². The number of anilines is 1. The first kappa shape index (κ1) is 19.9. The number of nitrogens with zero attached hydrogens (tertiary/aromatic N) is 2. The first-order valence-corrected chi connectivity index (χ1v) is 11.2. The summed E-state index contributed by atoms with van der Waals surface area (Å²) in [6.07, 6.45) is 5.29. The van der Waals surface area contributed by atoms with Gasteiger partial charge >= 0.3 is 0 Å². The van der Waals surface area contributed by atoms with Gasteiger partial charge in [-0.15, -0.1) is 11.8 Å². The molecule has 0 spiro atoms. The Morgan fingerprint density at radius 1 is 1.17 bits per heavy atom. The molecule has 1 fully saturated rings. The van der Waals surface area contributed by atoms with Gasteiger partial charge in [-0.3, -0.25) is 14.5 Å². The highest BCUT2D eigenvalue weighted by Crippen LogP contribution is 2.35. The van der Waals surface area contributed by atoms with Crippen molar-refractivity contribution in [1.82, 2.24) is 14.8 Å².